The smallest absolute Gasteiger partial charge is 0.200 e. The second kappa shape index (κ2) is 14.9. The molecule has 1 heterocycles. The molecule has 38 heavy (non-hydrogen) atoms. The van der Waals surface area contributed by atoms with E-state index < -0.39 is 26.3 Å². The fraction of sp³-hybridized carbons (Fsp3) is 0.903. The van der Waals surface area contributed by atoms with E-state index in [0.29, 0.717) is 36.1 Å². The summed E-state index contributed by atoms with van der Waals surface area (Å²) in [6.45, 7) is 32.0. The fourth-order valence-corrected chi connectivity index (χ4v) is 11.8. The standard InChI is InChI=1S/C31H60O6Si/c1-19(2)24(11)15-26(37-38(21(5)6,22(7)8)23(9)10)17-28(32)29(33)30(35-20(3)4)25(12)16-27-18-34-31(13,14)36-27/h20-27,29-30,33H,1,15-18H2,2-14H3/t24-,25-,26-,27-,29+,30+/m1/s1. The van der Waals surface area contributed by atoms with E-state index in [1.807, 2.05) is 41.5 Å². The van der Waals surface area contributed by atoms with Crippen LogP contribution in [0.5, 0.6) is 0 Å². The van der Waals surface area contributed by atoms with Crippen LogP contribution in [0.2, 0.25) is 16.6 Å². The van der Waals surface area contributed by atoms with Crippen LogP contribution >= 0.6 is 0 Å². The number of carbonyl (C=O) groups is 1. The van der Waals surface area contributed by atoms with Gasteiger partial charge in [-0.1, -0.05) is 67.5 Å². The van der Waals surface area contributed by atoms with Crippen LogP contribution in [-0.4, -0.2) is 62.1 Å². The van der Waals surface area contributed by atoms with E-state index in [2.05, 4.69) is 55.0 Å². The molecule has 0 radical (unpaired) electrons. The minimum atomic E-state index is -2.23. The van der Waals surface area contributed by atoms with Crippen molar-refractivity contribution >= 4 is 14.1 Å². The van der Waals surface area contributed by atoms with Crippen molar-refractivity contribution in [1.29, 1.82) is 0 Å². The summed E-state index contributed by atoms with van der Waals surface area (Å²) in [5.74, 6) is -0.711. The van der Waals surface area contributed by atoms with E-state index in [-0.39, 0.29) is 42.4 Å². The van der Waals surface area contributed by atoms with E-state index in [0.717, 1.165) is 5.57 Å². The number of rotatable bonds is 17. The Morgan fingerprint density at radius 1 is 1.03 bits per heavy atom. The molecule has 0 bridgehead atoms. The fourth-order valence-electron chi connectivity index (χ4n) is 6.26. The first kappa shape index (κ1) is 35.5. The molecule has 1 aliphatic rings. The maximum Gasteiger partial charge on any atom is 0.200 e. The maximum absolute atomic E-state index is 13.7. The number of allylic oxidation sites excluding steroid dienone is 1. The SMILES string of the molecule is C=C(C)[C@H](C)C[C@H](CC(=O)[C@H](O)[C@@H](OC(C)C)[C@H](C)C[C@@H]1COC(C)(C)O1)O[Si](C(C)C)(C(C)C)C(C)C. The van der Waals surface area contributed by atoms with Gasteiger partial charge in [0.2, 0.25) is 8.32 Å². The second-order valence-electron chi connectivity index (χ2n) is 13.5. The molecule has 224 valence electrons. The molecule has 0 aromatic carbocycles. The van der Waals surface area contributed by atoms with Gasteiger partial charge in [0, 0.05) is 6.42 Å². The molecular weight excluding hydrogens is 496 g/mol. The average Bonchev–Trinajstić information content (AvgIpc) is 3.11. The van der Waals surface area contributed by atoms with Crippen molar-refractivity contribution < 1.29 is 28.5 Å². The van der Waals surface area contributed by atoms with Gasteiger partial charge >= 0.3 is 0 Å². The van der Waals surface area contributed by atoms with Crippen molar-refractivity contribution in [2.45, 2.75) is 162 Å². The highest BCUT2D eigenvalue weighted by atomic mass is 28.4. The first-order valence-corrected chi connectivity index (χ1v) is 17.0. The van der Waals surface area contributed by atoms with Gasteiger partial charge in [-0.05, 0) is 75.9 Å². The van der Waals surface area contributed by atoms with Crippen molar-refractivity contribution in [2.24, 2.45) is 11.8 Å². The van der Waals surface area contributed by atoms with Gasteiger partial charge < -0.3 is 23.7 Å². The molecule has 0 aliphatic carbocycles. The largest absolute Gasteiger partial charge is 0.413 e. The Morgan fingerprint density at radius 3 is 1.95 bits per heavy atom. The van der Waals surface area contributed by atoms with Crippen molar-refractivity contribution in [2.75, 3.05) is 6.61 Å². The minimum Gasteiger partial charge on any atom is -0.413 e. The number of Topliss-reactive ketones (excluding diaryl/α,β-unsaturated/α-hetero) is 1. The molecule has 0 amide bonds. The molecule has 1 N–H and O–H groups in total. The Morgan fingerprint density at radius 2 is 1.55 bits per heavy atom. The van der Waals surface area contributed by atoms with Crippen molar-refractivity contribution in [3.63, 3.8) is 0 Å². The highest BCUT2D eigenvalue weighted by Gasteiger charge is 2.47. The quantitative estimate of drug-likeness (QED) is 0.148. The zero-order chi connectivity index (χ0) is 29.6. The number of ketones is 1. The van der Waals surface area contributed by atoms with Crippen LogP contribution in [0.4, 0.5) is 0 Å². The third-order valence-corrected chi connectivity index (χ3v) is 14.5. The molecule has 0 aromatic rings. The summed E-state index contributed by atoms with van der Waals surface area (Å²) in [6, 6.07) is 0. The van der Waals surface area contributed by atoms with E-state index in [1.165, 1.54) is 0 Å². The monoisotopic (exact) mass is 556 g/mol. The Kier molecular flexibility index (Phi) is 13.9. The minimum absolute atomic E-state index is 0.0944. The van der Waals surface area contributed by atoms with Gasteiger partial charge in [0.25, 0.3) is 0 Å². The molecule has 1 fully saturated rings. The molecule has 1 rings (SSSR count). The van der Waals surface area contributed by atoms with Gasteiger partial charge in [-0.25, -0.2) is 0 Å². The Bertz CT molecular complexity index is 725. The van der Waals surface area contributed by atoms with E-state index >= 15 is 0 Å². The molecule has 0 saturated carbocycles. The first-order chi connectivity index (χ1) is 17.3. The third kappa shape index (κ3) is 9.81. The van der Waals surface area contributed by atoms with Crippen LogP contribution in [0.25, 0.3) is 0 Å². The second-order valence-corrected chi connectivity index (χ2v) is 18.9. The lowest BCUT2D eigenvalue weighted by atomic mass is 9.89. The summed E-state index contributed by atoms with van der Waals surface area (Å²) < 4.78 is 25.0. The number of hydrogen-bond acceptors (Lipinski definition) is 6. The molecule has 1 aliphatic heterocycles. The van der Waals surface area contributed by atoms with Crippen molar-refractivity contribution in [3.8, 4) is 0 Å². The maximum atomic E-state index is 13.7. The Labute approximate surface area is 235 Å². The third-order valence-electron chi connectivity index (χ3n) is 8.30. The molecule has 0 unspecified atom stereocenters. The molecule has 0 aromatic heterocycles. The van der Waals surface area contributed by atoms with Crippen LogP contribution < -0.4 is 0 Å². The topological polar surface area (TPSA) is 74.2 Å². The Hall–Kier alpha value is -0.573. The lowest BCUT2D eigenvalue weighted by Gasteiger charge is -2.45. The van der Waals surface area contributed by atoms with E-state index in [1.54, 1.807) is 0 Å². The summed E-state index contributed by atoms with van der Waals surface area (Å²) >= 11 is 0. The summed E-state index contributed by atoms with van der Waals surface area (Å²) in [5.41, 5.74) is 2.29. The van der Waals surface area contributed by atoms with Gasteiger partial charge in [-0.15, -0.1) is 0 Å². The predicted octanol–water partition coefficient (Wildman–Crippen LogP) is 7.44. The molecule has 0 spiro atoms. The lowest BCUT2D eigenvalue weighted by molar-refractivity contribution is -0.152. The van der Waals surface area contributed by atoms with Gasteiger partial charge in [0.05, 0.1) is 31.0 Å². The van der Waals surface area contributed by atoms with Gasteiger partial charge in [-0.2, -0.15) is 0 Å². The van der Waals surface area contributed by atoms with Crippen LogP contribution in [0, 0.1) is 11.8 Å². The summed E-state index contributed by atoms with van der Waals surface area (Å²) in [7, 11) is -2.23. The number of ether oxygens (including phenoxy) is 3. The van der Waals surface area contributed by atoms with Crippen molar-refractivity contribution in [3.05, 3.63) is 12.2 Å². The highest BCUT2D eigenvalue weighted by Crippen LogP contribution is 2.44. The Balaban J connectivity index is 3.18. The number of hydrogen-bond donors (Lipinski definition) is 1. The highest BCUT2D eigenvalue weighted by molar-refractivity contribution is 6.77. The molecule has 6 nitrogen and oxygen atoms in total. The molecule has 1 saturated heterocycles. The predicted molar refractivity (Wildman–Crippen MR) is 159 cm³/mol. The molecule has 7 heteroatoms. The molecule has 6 atom stereocenters. The van der Waals surface area contributed by atoms with Crippen LogP contribution in [0.15, 0.2) is 12.2 Å². The first-order valence-electron chi connectivity index (χ1n) is 14.8. The van der Waals surface area contributed by atoms with Gasteiger partial charge in [0.15, 0.2) is 11.6 Å². The average molecular weight is 557 g/mol. The number of carbonyl (C=O) groups excluding carboxylic acids is 1. The van der Waals surface area contributed by atoms with Crippen LogP contribution in [-0.2, 0) is 23.4 Å². The normalized spacial score (nSPS) is 22.2. The number of aliphatic hydroxyl groups excluding tert-OH is 1. The van der Waals surface area contributed by atoms with Crippen LogP contribution in [0.1, 0.15) is 109 Å². The number of aliphatic hydroxyl groups is 1. The van der Waals surface area contributed by atoms with Crippen LogP contribution in [0.3, 0.4) is 0 Å². The summed E-state index contributed by atoms with van der Waals surface area (Å²) in [6.07, 6.45) is -0.836. The zero-order valence-corrected chi connectivity index (χ0v) is 27.8. The van der Waals surface area contributed by atoms with E-state index in [9.17, 15) is 9.90 Å². The summed E-state index contributed by atoms with van der Waals surface area (Å²) in [4.78, 5) is 13.7. The zero-order valence-electron chi connectivity index (χ0n) is 26.8. The van der Waals surface area contributed by atoms with E-state index in [4.69, 9.17) is 18.6 Å². The van der Waals surface area contributed by atoms with Gasteiger partial charge in [-0.3, -0.25) is 4.79 Å². The van der Waals surface area contributed by atoms with Crippen molar-refractivity contribution in [1.82, 2.24) is 0 Å². The lowest BCUT2D eigenvalue weighted by Crippen LogP contribution is -2.51. The molecular formula is C31H60O6Si. The van der Waals surface area contributed by atoms with Gasteiger partial charge in [0.1, 0.15) is 6.10 Å². The summed E-state index contributed by atoms with van der Waals surface area (Å²) in [5, 5.41) is 11.4.